The molecule has 0 aromatic heterocycles. The molecular formula is C17H21ClN2O5. The predicted molar refractivity (Wildman–Crippen MR) is 88.8 cm³/mol. The lowest BCUT2D eigenvalue weighted by atomic mass is 9.83. The average molecular weight is 369 g/mol. The molecule has 0 amide bonds. The summed E-state index contributed by atoms with van der Waals surface area (Å²) < 4.78 is 11.4. The summed E-state index contributed by atoms with van der Waals surface area (Å²) >= 11 is 5.66. The van der Waals surface area contributed by atoms with Crippen LogP contribution < -0.4 is 5.32 Å². The molecule has 136 valence electrons. The molecule has 4 aliphatic rings. The van der Waals surface area contributed by atoms with Gasteiger partial charge in [-0.15, -0.1) is 11.6 Å². The van der Waals surface area contributed by atoms with Gasteiger partial charge in [0.15, 0.2) is 11.5 Å². The second-order valence-electron chi connectivity index (χ2n) is 6.82. The summed E-state index contributed by atoms with van der Waals surface area (Å²) in [5.41, 5.74) is 0.0897. The molecule has 4 unspecified atom stereocenters. The minimum atomic E-state index is -0.888. The summed E-state index contributed by atoms with van der Waals surface area (Å²) in [5, 5.41) is 13.4. The predicted octanol–water partition coefficient (Wildman–Crippen LogP) is -0.0674. The lowest BCUT2D eigenvalue weighted by molar-refractivity contribution is -0.137. The Bertz CT molecular complexity index is 718. The second-order valence-corrected chi connectivity index (χ2v) is 7.20. The highest BCUT2D eigenvalue weighted by Crippen LogP contribution is 2.55. The van der Waals surface area contributed by atoms with Crippen molar-refractivity contribution in [3.05, 3.63) is 22.6 Å². The van der Waals surface area contributed by atoms with Gasteiger partial charge in [0.2, 0.25) is 11.6 Å². The van der Waals surface area contributed by atoms with Gasteiger partial charge in [-0.25, -0.2) is 0 Å². The van der Waals surface area contributed by atoms with Crippen LogP contribution in [0.15, 0.2) is 22.6 Å². The van der Waals surface area contributed by atoms with Gasteiger partial charge >= 0.3 is 0 Å². The van der Waals surface area contributed by atoms with E-state index in [0.717, 1.165) is 0 Å². The molecular weight excluding hydrogens is 348 g/mol. The van der Waals surface area contributed by atoms with Crippen molar-refractivity contribution in [2.24, 2.45) is 5.92 Å². The Kier molecular flexibility index (Phi) is 3.95. The number of carbonyl (C=O) groups excluding carboxylic acids is 2. The van der Waals surface area contributed by atoms with Crippen LogP contribution in [-0.2, 0) is 19.1 Å². The van der Waals surface area contributed by atoms with E-state index in [1.165, 1.54) is 0 Å². The summed E-state index contributed by atoms with van der Waals surface area (Å²) in [5.74, 6) is -0.664. The van der Waals surface area contributed by atoms with E-state index in [2.05, 4.69) is 5.32 Å². The van der Waals surface area contributed by atoms with Gasteiger partial charge in [-0.3, -0.25) is 9.59 Å². The molecule has 2 N–H and O–H groups in total. The number of carbonyl (C=O) groups is 2. The highest BCUT2D eigenvalue weighted by Gasteiger charge is 2.72. The fourth-order valence-electron chi connectivity index (χ4n) is 4.52. The molecule has 25 heavy (non-hydrogen) atoms. The van der Waals surface area contributed by atoms with E-state index in [1.807, 2.05) is 4.90 Å². The average Bonchev–Trinajstić information content (AvgIpc) is 3.22. The van der Waals surface area contributed by atoms with Crippen LogP contribution in [0.1, 0.15) is 13.3 Å². The minimum absolute atomic E-state index is 0.00164. The van der Waals surface area contributed by atoms with Crippen LogP contribution in [0.5, 0.6) is 0 Å². The maximum atomic E-state index is 13.1. The summed E-state index contributed by atoms with van der Waals surface area (Å²) in [4.78, 5) is 28.0. The molecule has 2 fully saturated rings. The summed E-state index contributed by atoms with van der Waals surface area (Å²) in [6, 6.07) is 0.221. The van der Waals surface area contributed by atoms with Gasteiger partial charge in [-0.2, -0.15) is 0 Å². The second kappa shape index (κ2) is 5.81. The zero-order valence-corrected chi connectivity index (χ0v) is 14.9. The van der Waals surface area contributed by atoms with Crippen molar-refractivity contribution < 1.29 is 24.2 Å². The molecule has 3 aliphatic heterocycles. The molecule has 4 rings (SSSR count). The molecule has 2 saturated heterocycles. The molecule has 0 saturated carbocycles. The Morgan fingerprint density at radius 3 is 2.80 bits per heavy atom. The largest absolute Gasteiger partial charge is 0.489 e. The first kappa shape index (κ1) is 17.0. The summed E-state index contributed by atoms with van der Waals surface area (Å²) in [7, 11) is 1.56. The van der Waals surface area contributed by atoms with Gasteiger partial charge in [0, 0.05) is 36.7 Å². The van der Waals surface area contributed by atoms with E-state index < -0.39 is 11.6 Å². The van der Waals surface area contributed by atoms with Crippen LogP contribution >= 0.6 is 11.6 Å². The number of allylic oxidation sites excluding steroid dienone is 2. The van der Waals surface area contributed by atoms with Crippen molar-refractivity contribution in [2.75, 3.05) is 32.7 Å². The number of fused-ring (bicyclic) bond motifs is 4. The number of ether oxygens (including phenoxy) is 2. The van der Waals surface area contributed by atoms with Crippen molar-refractivity contribution in [3.63, 3.8) is 0 Å². The SMILES string of the molecule is COC12C(CO)C3=C(C(=O)C(C)=C(OCCCCl)C3=O)N1CC1NC12. The van der Waals surface area contributed by atoms with Gasteiger partial charge in [0.25, 0.3) is 0 Å². The van der Waals surface area contributed by atoms with Gasteiger partial charge < -0.3 is 24.8 Å². The van der Waals surface area contributed by atoms with Crippen molar-refractivity contribution in [3.8, 4) is 0 Å². The number of halogens is 1. The molecule has 0 aromatic rings. The highest BCUT2D eigenvalue weighted by atomic mass is 35.5. The Morgan fingerprint density at radius 2 is 2.16 bits per heavy atom. The van der Waals surface area contributed by atoms with Crippen LogP contribution in [-0.4, -0.2) is 72.1 Å². The molecule has 0 spiro atoms. The van der Waals surface area contributed by atoms with E-state index in [1.54, 1.807) is 14.0 Å². The van der Waals surface area contributed by atoms with Crippen molar-refractivity contribution in [2.45, 2.75) is 31.2 Å². The number of nitrogens with zero attached hydrogens (tertiary/aromatic N) is 1. The summed E-state index contributed by atoms with van der Waals surface area (Å²) in [6.07, 6.45) is 0.580. The third-order valence-electron chi connectivity index (χ3n) is 5.69. The number of aliphatic hydroxyl groups is 1. The van der Waals surface area contributed by atoms with Crippen LogP contribution in [0, 0.1) is 5.92 Å². The first-order valence-corrected chi connectivity index (χ1v) is 8.99. The van der Waals surface area contributed by atoms with Gasteiger partial charge in [0.1, 0.15) is 0 Å². The number of ketones is 2. The molecule has 8 heteroatoms. The fourth-order valence-corrected chi connectivity index (χ4v) is 4.63. The van der Waals surface area contributed by atoms with Crippen LogP contribution in [0.2, 0.25) is 0 Å². The maximum Gasteiger partial charge on any atom is 0.226 e. The minimum Gasteiger partial charge on any atom is -0.489 e. The Morgan fingerprint density at radius 1 is 1.40 bits per heavy atom. The maximum absolute atomic E-state index is 13.1. The van der Waals surface area contributed by atoms with Gasteiger partial charge in [-0.1, -0.05) is 0 Å². The molecule has 0 radical (unpaired) electrons. The lowest BCUT2D eigenvalue weighted by Gasteiger charge is -2.39. The number of methoxy groups -OCH3 is 1. The van der Waals surface area contributed by atoms with Crippen molar-refractivity contribution in [1.29, 1.82) is 0 Å². The van der Waals surface area contributed by atoms with E-state index in [0.29, 0.717) is 35.7 Å². The smallest absolute Gasteiger partial charge is 0.226 e. The number of hydrogen-bond acceptors (Lipinski definition) is 7. The van der Waals surface area contributed by atoms with E-state index in [4.69, 9.17) is 21.1 Å². The molecule has 0 bridgehead atoms. The standard InChI is InChI=1S/C17H21ClN2O5/c1-8-13(22)12-11(14(23)15(8)25-5-3-4-18)9(7-21)17(24-2)16-10(19-16)6-20(12)17/h9-10,16,19,21H,3-7H2,1-2H3. The van der Waals surface area contributed by atoms with Crippen molar-refractivity contribution in [1.82, 2.24) is 10.2 Å². The Hall–Kier alpha value is -1.41. The topological polar surface area (TPSA) is 98.0 Å². The molecule has 0 aromatic carbocycles. The monoisotopic (exact) mass is 368 g/mol. The van der Waals surface area contributed by atoms with Gasteiger partial charge in [0.05, 0.1) is 30.9 Å². The first-order chi connectivity index (χ1) is 12.0. The number of piperazine rings is 1. The Labute approximate surface area is 150 Å². The molecule has 1 aliphatic carbocycles. The quantitative estimate of drug-likeness (QED) is 0.293. The third kappa shape index (κ3) is 2.04. The number of aliphatic hydroxyl groups excluding tert-OH is 1. The first-order valence-electron chi connectivity index (χ1n) is 8.45. The number of Topliss-reactive ketones (excluding diaryl/α,β-unsaturated/α-hetero) is 2. The highest BCUT2D eigenvalue weighted by molar-refractivity contribution is 6.25. The van der Waals surface area contributed by atoms with E-state index in [9.17, 15) is 14.7 Å². The number of nitrogens with one attached hydrogen (secondary N) is 1. The van der Waals surface area contributed by atoms with Crippen molar-refractivity contribution >= 4 is 23.2 Å². The fraction of sp³-hybridized carbons (Fsp3) is 0.647. The van der Waals surface area contributed by atoms with E-state index in [-0.39, 0.29) is 42.6 Å². The van der Waals surface area contributed by atoms with Crippen LogP contribution in [0.25, 0.3) is 0 Å². The normalized spacial score (nSPS) is 36.0. The zero-order valence-electron chi connectivity index (χ0n) is 14.2. The number of hydrogen-bond donors (Lipinski definition) is 2. The zero-order chi connectivity index (χ0) is 17.9. The molecule has 7 nitrogen and oxygen atoms in total. The molecule has 3 heterocycles. The summed E-state index contributed by atoms with van der Waals surface area (Å²) in [6.45, 7) is 2.19. The number of rotatable bonds is 6. The van der Waals surface area contributed by atoms with Crippen LogP contribution in [0.3, 0.4) is 0 Å². The van der Waals surface area contributed by atoms with Gasteiger partial charge in [-0.05, 0) is 13.3 Å². The van der Waals surface area contributed by atoms with Crippen LogP contribution in [0.4, 0.5) is 0 Å². The lowest BCUT2D eigenvalue weighted by Crippen LogP contribution is -2.54. The van der Waals surface area contributed by atoms with E-state index >= 15 is 0 Å². The molecule has 4 atom stereocenters. The number of alkyl halides is 1. The Balaban J connectivity index is 1.75. The third-order valence-corrected chi connectivity index (χ3v) is 5.95.